The topological polar surface area (TPSA) is 73.2 Å². The van der Waals surface area contributed by atoms with Crippen LogP contribution in [0.15, 0.2) is 42.5 Å². The fraction of sp³-hybridized carbons (Fsp3) is 0. The molecule has 0 spiro atoms. The van der Waals surface area contributed by atoms with E-state index in [-0.39, 0.29) is 0 Å². The van der Waals surface area contributed by atoms with Gasteiger partial charge < -0.3 is 10.2 Å². The number of hydrogen-bond acceptors (Lipinski definition) is 4. The summed E-state index contributed by atoms with van der Waals surface area (Å²) < 4.78 is 0. The van der Waals surface area contributed by atoms with Crippen LogP contribution in [0.25, 0.3) is 10.8 Å². The smallest absolute Gasteiger partial charge is 0.106 e. The van der Waals surface area contributed by atoms with Crippen molar-refractivity contribution in [3.05, 3.63) is 42.5 Å². The van der Waals surface area contributed by atoms with E-state index in [2.05, 4.69) is 12.2 Å². The summed E-state index contributed by atoms with van der Waals surface area (Å²) in [6.45, 7) is 4.50. The Hall–Kier alpha value is -2.20. The second kappa shape index (κ2) is 8.14. The van der Waals surface area contributed by atoms with Crippen molar-refractivity contribution < 1.29 is 10.0 Å². The monoisotopic (exact) mass is 218 g/mol. The molecule has 0 amide bonds. The van der Waals surface area contributed by atoms with Crippen molar-refractivity contribution in [3.8, 4) is 0 Å². The number of carbonyl (C=O) groups excluding carboxylic acids is 1. The largest absolute Gasteiger partial charge is 0.317 e. The van der Waals surface area contributed by atoms with Gasteiger partial charge in [0.1, 0.15) is 6.79 Å². The molecule has 2 aromatic rings. The lowest BCUT2D eigenvalue weighted by Crippen LogP contribution is -1.87. The van der Waals surface area contributed by atoms with Crippen LogP contribution in [-0.2, 0) is 4.79 Å². The second-order valence-electron chi connectivity index (χ2n) is 2.67. The first-order valence-corrected chi connectivity index (χ1v) is 4.43. The number of rotatable bonds is 1. The second-order valence-corrected chi connectivity index (χ2v) is 2.67. The molecule has 0 aliphatic carbocycles. The lowest BCUT2D eigenvalue weighted by molar-refractivity contribution is -0.0979. The summed E-state index contributed by atoms with van der Waals surface area (Å²) in [6.07, 6.45) is 0. The summed E-state index contributed by atoms with van der Waals surface area (Å²) in [5.41, 5.74) is 2.84. The van der Waals surface area contributed by atoms with Gasteiger partial charge in [-0.15, -0.1) is 0 Å². The van der Waals surface area contributed by atoms with Gasteiger partial charge in [0.05, 0.1) is 5.69 Å². The Bertz CT molecular complexity index is 430. The molecule has 0 bridgehead atoms. The van der Waals surface area contributed by atoms with Gasteiger partial charge in [-0.1, -0.05) is 30.3 Å². The Morgan fingerprint density at radius 3 is 2.12 bits per heavy atom. The zero-order chi connectivity index (χ0) is 12.4. The first-order chi connectivity index (χ1) is 7.90. The summed E-state index contributed by atoms with van der Waals surface area (Å²) in [5.74, 6) is 0. The summed E-state index contributed by atoms with van der Waals surface area (Å²) in [4.78, 5) is 8.00. The van der Waals surface area contributed by atoms with Gasteiger partial charge in [0.2, 0.25) is 0 Å². The highest BCUT2D eigenvalue weighted by Gasteiger charge is 1.92. The maximum atomic E-state index is 8.65. The van der Waals surface area contributed by atoms with Crippen LogP contribution in [0.1, 0.15) is 0 Å². The van der Waals surface area contributed by atoms with Gasteiger partial charge in [0.15, 0.2) is 0 Å². The molecule has 0 aromatic heterocycles. The maximum absolute atomic E-state index is 8.65. The molecule has 0 saturated carbocycles. The Morgan fingerprint density at radius 2 is 1.56 bits per heavy atom. The normalized spacial score (nSPS) is 8.06. The number of fused-ring (bicyclic) bond motifs is 1. The SMILES string of the molecule is C=N.C=O.ONc1ccc2ccccc2c1. The average Bonchev–Trinajstić information content (AvgIpc) is 2.42. The van der Waals surface area contributed by atoms with Crippen LogP contribution in [-0.4, -0.2) is 18.7 Å². The zero-order valence-corrected chi connectivity index (χ0v) is 8.81. The minimum Gasteiger partial charge on any atom is -0.317 e. The maximum Gasteiger partial charge on any atom is 0.106 e. The van der Waals surface area contributed by atoms with Gasteiger partial charge in [-0.3, -0.25) is 10.7 Å². The van der Waals surface area contributed by atoms with Crippen molar-refractivity contribution in [3.63, 3.8) is 0 Å². The number of carbonyl (C=O) groups is 1. The Morgan fingerprint density at radius 1 is 1.00 bits per heavy atom. The van der Waals surface area contributed by atoms with Crippen LogP contribution >= 0.6 is 0 Å². The Balaban J connectivity index is 0.000000509. The predicted molar refractivity (Wildman–Crippen MR) is 66.3 cm³/mol. The van der Waals surface area contributed by atoms with Crippen molar-refractivity contribution in [1.82, 2.24) is 0 Å². The molecule has 2 rings (SSSR count). The van der Waals surface area contributed by atoms with Gasteiger partial charge >= 0.3 is 0 Å². The molecular formula is C12H14N2O2. The van der Waals surface area contributed by atoms with E-state index in [0.717, 1.165) is 5.39 Å². The van der Waals surface area contributed by atoms with Crippen LogP contribution in [0.3, 0.4) is 0 Å². The molecule has 2 aromatic carbocycles. The van der Waals surface area contributed by atoms with Crippen LogP contribution in [0.4, 0.5) is 5.69 Å². The van der Waals surface area contributed by atoms with E-state index in [0.29, 0.717) is 5.69 Å². The molecule has 0 heterocycles. The Kier molecular flexibility index (Phi) is 7.02. The highest BCUT2D eigenvalue weighted by atomic mass is 16.5. The molecule has 0 atom stereocenters. The van der Waals surface area contributed by atoms with E-state index in [4.69, 9.17) is 15.4 Å². The van der Waals surface area contributed by atoms with Crippen LogP contribution in [0.2, 0.25) is 0 Å². The molecular weight excluding hydrogens is 204 g/mol. The first-order valence-electron chi connectivity index (χ1n) is 4.43. The molecule has 0 fully saturated rings. The predicted octanol–water partition coefficient (Wildman–Crippen LogP) is 2.72. The average molecular weight is 218 g/mol. The Labute approximate surface area is 94.0 Å². The summed E-state index contributed by atoms with van der Waals surface area (Å²) in [6, 6.07) is 13.7. The molecule has 0 saturated heterocycles. The van der Waals surface area contributed by atoms with Gasteiger partial charge in [-0.25, -0.2) is 0 Å². The molecule has 3 N–H and O–H groups in total. The molecule has 0 aliphatic heterocycles. The number of anilines is 1. The number of nitrogens with one attached hydrogen (secondary N) is 2. The van der Waals surface area contributed by atoms with Crippen molar-refractivity contribution in [2.45, 2.75) is 0 Å². The molecule has 16 heavy (non-hydrogen) atoms. The molecule has 4 heteroatoms. The van der Waals surface area contributed by atoms with Crippen molar-refractivity contribution in [2.75, 3.05) is 5.48 Å². The van der Waals surface area contributed by atoms with Crippen LogP contribution < -0.4 is 5.48 Å². The van der Waals surface area contributed by atoms with Crippen molar-refractivity contribution in [1.29, 1.82) is 5.41 Å². The lowest BCUT2D eigenvalue weighted by atomic mass is 10.1. The highest BCUT2D eigenvalue weighted by molar-refractivity contribution is 5.85. The van der Waals surface area contributed by atoms with E-state index < -0.39 is 0 Å². The quantitative estimate of drug-likeness (QED) is 0.509. The van der Waals surface area contributed by atoms with Gasteiger partial charge in [-0.05, 0) is 29.6 Å². The highest BCUT2D eigenvalue weighted by Crippen LogP contribution is 2.17. The van der Waals surface area contributed by atoms with Crippen molar-refractivity contribution in [2.24, 2.45) is 0 Å². The van der Waals surface area contributed by atoms with Crippen LogP contribution in [0.5, 0.6) is 0 Å². The molecule has 4 nitrogen and oxygen atoms in total. The number of hydrogen-bond donors (Lipinski definition) is 3. The first kappa shape index (κ1) is 13.8. The minimum absolute atomic E-state index is 0.716. The van der Waals surface area contributed by atoms with Gasteiger partial charge in [-0.2, -0.15) is 0 Å². The lowest BCUT2D eigenvalue weighted by Gasteiger charge is -2.00. The summed E-state index contributed by atoms with van der Waals surface area (Å²) in [7, 11) is 0. The van der Waals surface area contributed by atoms with Gasteiger partial charge in [0, 0.05) is 0 Å². The molecule has 0 radical (unpaired) electrons. The van der Waals surface area contributed by atoms with Gasteiger partial charge in [0.25, 0.3) is 0 Å². The molecule has 0 unspecified atom stereocenters. The third-order valence-corrected chi connectivity index (χ3v) is 1.88. The number of benzene rings is 2. The fourth-order valence-electron chi connectivity index (χ4n) is 1.26. The third kappa shape index (κ3) is 3.51. The van der Waals surface area contributed by atoms with E-state index in [1.165, 1.54) is 5.39 Å². The van der Waals surface area contributed by atoms with Crippen LogP contribution in [0, 0.1) is 5.41 Å². The third-order valence-electron chi connectivity index (χ3n) is 1.88. The minimum atomic E-state index is 0.716. The molecule has 0 aliphatic rings. The summed E-state index contributed by atoms with van der Waals surface area (Å²) >= 11 is 0. The van der Waals surface area contributed by atoms with E-state index in [9.17, 15) is 0 Å². The zero-order valence-electron chi connectivity index (χ0n) is 8.81. The van der Waals surface area contributed by atoms with Crippen molar-refractivity contribution >= 4 is 30.0 Å². The van der Waals surface area contributed by atoms with E-state index >= 15 is 0 Å². The fourth-order valence-corrected chi connectivity index (χ4v) is 1.26. The summed E-state index contributed by atoms with van der Waals surface area (Å²) in [5, 5.41) is 16.4. The van der Waals surface area contributed by atoms with E-state index in [1.54, 1.807) is 0 Å². The van der Waals surface area contributed by atoms with E-state index in [1.807, 2.05) is 49.3 Å². The standard InChI is InChI=1S/C10H9NO.CH3N.CH2O/c12-11-10-6-5-8-3-1-2-4-9(8)7-10;2*1-2/h1-7,11-12H;2H,1H2;1H2. The molecule has 84 valence electrons.